The van der Waals surface area contributed by atoms with Crippen LogP contribution in [-0.4, -0.2) is 35.0 Å². The first-order chi connectivity index (χ1) is 11.1. The second-order valence-corrected chi connectivity index (χ2v) is 7.00. The molecule has 2 aromatic rings. The van der Waals surface area contributed by atoms with Gasteiger partial charge in [-0.2, -0.15) is 0 Å². The van der Waals surface area contributed by atoms with Crippen LogP contribution >= 0.6 is 11.3 Å². The Kier molecular flexibility index (Phi) is 4.76. The number of benzene rings is 1. The van der Waals surface area contributed by atoms with Gasteiger partial charge < -0.3 is 10.0 Å². The average molecular weight is 329 g/mol. The molecule has 1 aromatic carbocycles. The highest BCUT2D eigenvalue weighted by atomic mass is 32.1. The van der Waals surface area contributed by atoms with E-state index in [0.29, 0.717) is 10.8 Å². The van der Waals surface area contributed by atoms with Gasteiger partial charge >= 0.3 is 5.97 Å². The third-order valence-corrected chi connectivity index (χ3v) is 5.26. The molecule has 1 aliphatic heterocycles. The number of likely N-dealkylation sites (tertiary alicyclic amines) is 1. The van der Waals surface area contributed by atoms with Gasteiger partial charge in [0.1, 0.15) is 4.88 Å². The molecule has 23 heavy (non-hydrogen) atoms. The number of rotatable bonds is 4. The number of aromatic carboxylic acids is 1. The zero-order valence-corrected chi connectivity index (χ0v) is 13.6. The van der Waals surface area contributed by atoms with E-state index in [4.69, 9.17) is 5.11 Å². The Morgan fingerprint density at radius 2 is 1.87 bits per heavy atom. The van der Waals surface area contributed by atoms with Crippen LogP contribution < -0.4 is 0 Å². The molecule has 0 spiro atoms. The molecular weight excluding hydrogens is 310 g/mol. The lowest BCUT2D eigenvalue weighted by Crippen LogP contribution is -2.40. The van der Waals surface area contributed by atoms with Crippen LogP contribution in [0.5, 0.6) is 0 Å². The van der Waals surface area contributed by atoms with Gasteiger partial charge in [-0.25, -0.2) is 4.79 Å². The number of carbonyl (C=O) groups is 2. The van der Waals surface area contributed by atoms with Gasteiger partial charge in [0.2, 0.25) is 0 Å². The predicted octanol–water partition coefficient (Wildman–Crippen LogP) is 3.54. The van der Waals surface area contributed by atoms with E-state index in [9.17, 15) is 9.59 Å². The SMILES string of the molecule is O=C(O)c1ccc(C(=O)N2CCCC(Cc3ccccc3)C2)s1. The molecule has 0 aliphatic carbocycles. The Balaban J connectivity index is 1.65. The van der Waals surface area contributed by atoms with Crippen LogP contribution in [0, 0.1) is 5.92 Å². The normalized spacial score (nSPS) is 17.9. The standard InChI is InChI=1S/C18H19NO3S/c20-17(15-8-9-16(23-15)18(21)22)19-10-4-7-14(12-19)11-13-5-2-1-3-6-13/h1-3,5-6,8-9,14H,4,7,10-12H2,(H,21,22). The molecule has 1 saturated heterocycles. The minimum atomic E-state index is -0.977. The number of amides is 1. The van der Waals surface area contributed by atoms with Crippen molar-refractivity contribution >= 4 is 23.2 Å². The van der Waals surface area contributed by atoms with Crippen molar-refractivity contribution in [3.8, 4) is 0 Å². The fourth-order valence-corrected chi connectivity index (χ4v) is 3.90. The average Bonchev–Trinajstić information content (AvgIpc) is 3.06. The van der Waals surface area contributed by atoms with Gasteiger partial charge in [0.25, 0.3) is 5.91 Å². The Morgan fingerprint density at radius 1 is 1.13 bits per heavy atom. The lowest BCUT2D eigenvalue weighted by Gasteiger charge is -2.32. The minimum Gasteiger partial charge on any atom is -0.477 e. The molecule has 1 unspecified atom stereocenters. The molecule has 3 rings (SSSR count). The second kappa shape index (κ2) is 6.96. The van der Waals surface area contributed by atoms with Crippen molar-refractivity contribution in [1.29, 1.82) is 0 Å². The fraction of sp³-hybridized carbons (Fsp3) is 0.333. The van der Waals surface area contributed by atoms with Gasteiger partial charge in [-0.15, -0.1) is 11.3 Å². The smallest absolute Gasteiger partial charge is 0.345 e. The van der Waals surface area contributed by atoms with Gasteiger partial charge in [-0.1, -0.05) is 30.3 Å². The first-order valence-electron chi connectivity index (χ1n) is 7.80. The number of carbonyl (C=O) groups excluding carboxylic acids is 1. The maximum atomic E-state index is 12.6. The molecule has 120 valence electrons. The summed E-state index contributed by atoms with van der Waals surface area (Å²) in [4.78, 5) is 26.1. The molecule has 0 radical (unpaired) electrons. The van der Waals surface area contributed by atoms with Crippen molar-refractivity contribution in [2.24, 2.45) is 5.92 Å². The Morgan fingerprint density at radius 3 is 2.57 bits per heavy atom. The summed E-state index contributed by atoms with van der Waals surface area (Å²) in [5.74, 6) is -0.552. The van der Waals surface area contributed by atoms with E-state index in [1.54, 1.807) is 6.07 Å². The van der Waals surface area contributed by atoms with E-state index in [-0.39, 0.29) is 10.8 Å². The summed E-state index contributed by atoms with van der Waals surface area (Å²) in [7, 11) is 0. The molecule has 1 fully saturated rings. The van der Waals surface area contributed by atoms with Crippen LogP contribution in [0.15, 0.2) is 42.5 Å². The van der Waals surface area contributed by atoms with Gasteiger partial charge in [-0.05, 0) is 42.9 Å². The highest BCUT2D eigenvalue weighted by molar-refractivity contribution is 7.15. The fourth-order valence-electron chi connectivity index (χ4n) is 3.09. The molecule has 1 atom stereocenters. The van der Waals surface area contributed by atoms with Crippen LogP contribution in [0.2, 0.25) is 0 Å². The molecule has 0 saturated carbocycles. The summed E-state index contributed by atoms with van der Waals surface area (Å²) in [6.45, 7) is 1.50. The van der Waals surface area contributed by atoms with E-state index in [1.807, 2.05) is 23.1 Å². The zero-order valence-electron chi connectivity index (χ0n) is 12.8. The van der Waals surface area contributed by atoms with Crippen molar-refractivity contribution in [1.82, 2.24) is 4.90 Å². The van der Waals surface area contributed by atoms with Gasteiger partial charge in [0.15, 0.2) is 0 Å². The number of carboxylic acids is 1. The largest absolute Gasteiger partial charge is 0.477 e. The Labute approximate surface area is 139 Å². The summed E-state index contributed by atoms with van der Waals surface area (Å²) in [6, 6.07) is 13.5. The molecule has 2 heterocycles. The van der Waals surface area contributed by atoms with Crippen LogP contribution in [0.3, 0.4) is 0 Å². The van der Waals surface area contributed by atoms with Gasteiger partial charge in [0, 0.05) is 13.1 Å². The quantitative estimate of drug-likeness (QED) is 0.933. The Hall–Kier alpha value is -2.14. The molecule has 5 heteroatoms. The second-order valence-electron chi connectivity index (χ2n) is 5.92. The van der Waals surface area contributed by atoms with Crippen molar-refractivity contribution in [3.05, 3.63) is 57.8 Å². The summed E-state index contributed by atoms with van der Waals surface area (Å²) in [5, 5.41) is 8.98. The van der Waals surface area contributed by atoms with Crippen molar-refractivity contribution in [2.75, 3.05) is 13.1 Å². The maximum Gasteiger partial charge on any atom is 0.345 e. The number of hydrogen-bond acceptors (Lipinski definition) is 3. The van der Waals surface area contributed by atoms with E-state index in [1.165, 1.54) is 11.6 Å². The predicted molar refractivity (Wildman–Crippen MR) is 90.1 cm³/mol. The molecule has 1 amide bonds. The minimum absolute atomic E-state index is 0.0414. The van der Waals surface area contributed by atoms with E-state index in [2.05, 4.69) is 12.1 Å². The van der Waals surface area contributed by atoms with E-state index in [0.717, 1.165) is 43.7 Å². The molecule has 1 N–H and O–H groups in total. The van der Waals surface area contributed by atoms with Crippen LogP contribution in [0.25, 0.3) is 0 Å². The summed E-state index contributed by atoms with van der Waals surface area (Å²) in [6.07, 6.45) is 3.11. The highest BCUT2D eigenvalue weighted by Gasteiger charge is 2.26. The zero-order chi connectivity index (χ0) is 16.2. The number of hydrogen-bond donors (Lipinski definition) is 1. The maximum absolute atomic E-state index is 12.6. The lowest BCUT2D eigenvalue weighted by atomic mass is 9.91. The summed E-state index contributed by atoms with van der Waals surface area (Å²) in [5.41, 5.74) is 1.30. The molecule has 0 bridgehead atoms. The third kappa shape index (κ3) is 3.79. The Bertz CT molecular complexity index is 695. The van der Waals surface area contributed by atoms with Crippen molar-refractivity contribution < 1.29 is 14.7 Å². The first kappa shape index (κ1) is 15.7. The topological polar surface area (TPSA) is 57.6 Å². The van der Waals surface area contributed by atoms with Crippen LogP contribution in [-0.2, 0) is 6.42 Å². The summed E-state index contributed by atoms with van der Waals surface area (Å²) >= 11 is 1.06. The summed E-state index contributed by atoms with van der Waals surface area (Å²) < 4.78 is 0. The van der Waals surface area contributed by atoms with Gasteiger partial charge in [0.05, 0.1) is 4.88 Å². The first-order valence-corrected chi connectivity index (χ1v) is 8.61. The number of piperidine rings is 1. The van der Waals surface area contributed by atoms with Crippen molar-refractivity contribution in [3.63, 3.8) is 0 Å². The van der Waals surface area contributed by atoms with Crippen LogP contribution in [0.4, 0.5) is 0 Å². The monoisotopic (exact) mass is 329 g/mol. The van der Waals surface area contributed by atoms with Crippen LogP contribution in [0.1, 0.15) is 37.7 Å². The lowest BCUT2D eigenvalue weighted by molar-refractivity contribution is 0.0676. The van der Waals surface area contributed by atoms with Gasteiger partial charge in [-0.3, -0.25) is 4.79 Å². The molecule has 1 aliphatic rings. The molecular formula is C18H19NO3S. The highest BCUT2D eigenvalue weighted by Crippen LogP contribution is 2.24. The van der Waals surface area contributed by atoms with E-state index >= 15 is 0 Å². The van der Waals surface area contributed by atoms with Crippen molar-refractivity contribution in [2.45, 2.75) is 19.3 Å². The molecule has 4 nitrogen and oxygen atoms in total. The molecule has 1 aromatic heterocycles. The number of carboxylic acid groups (broad SMARTS) is 1. The van der Waals surface area contributed by atoms with E-state index < -0.39 is 5.97 Å². The number of thiophene rings is 1. The number of nitrogens with zero attached hydrogens (tertiary/aromatic N) is 1. The third-order valence-electron chi connectivity index (χ3n) is 4.20.